The lowest BCUT2D eigenvalue weighted by Gasteiger charge is -2.38. The van der Waals surface area contributed by atoms with Crippen molar-refractivity contribution in [3.05, 3.63) is 29.3 Å². The first-order valence-corrected chi connectivity index (χ1v) is 7.10. The first kappa shape index (κ1) is 14.2. The summed E-state index contributed by atoms with van der Waals surface area (Å²) >= 11 is 6.45. The van der Waals surface area contributed by atoms with E-state index in [4.69, 9.17) is 26.2 Å². The molecule has 0 atom stereocenters. The summed E-state index contributed by atoms with van der Waals surface area (Å²) < 4.78 is 10.9. The summed E-state index contributed by atoms with van der Waals surface area (Å²) in [5.41, 5.74) is 1.84. The number of aliphatic carboxylic acids is 1. The van der Waals surface area contributed by atoms with Crippen LogP contribution in [0.1, 0.15) is 5.56 Å². The van der Waals surface area contributed by atoms with Gasteiger partial charge in [-0.05, 0) is 12.1 Å². The van der Waals surface area contributed by atoms with Gasteiger partial charge in [0.05, 0.1) is 18.1 Å². The van der Waals surface area contributed by atoms with E-state index in [0.29, 0.717) is 31.3 Å². The van der Waals surface area contributed by atoms with Crippen molar-refractivity contribution in [2.45, 2.75) is 0 Å². The van der Waals surface area contributed by atoms with Crippen molar-refractivity contribution in [1.82, 2.24) is 4.90 Å². The number of methoxy groups -OCH3 is 1. The number of ether oxygens (including phenoxy) is 2. The molecule has 1 saturated heterocycles. The molecule has 0 radical (unpaired) electrons. The number of likely N-dealkylation sites (tertiary alicyclic amines) is 1. The fourth-order valence-corrected chi connectivity index (χ4v) is 2.86. The van der Waals surface area contributed by atoms with Gasteiger partial charge in [-0.3, -0.25) is 9.69 Å². The lowest BCUT2D eigenvalue weighted by atomic mass is 9.98. The normalized spacial score (nSPS) is 18.8. The fourth-order valence-electron chi connectivity index (χ4n) is 2.59. The molecular weight excluding hydrogens is 294 g/mol. The van der Waals surface area contributed by atoms with Crippen molar-refractivity contribution in [2.75, 3.05) is 33.4 Å². The number of nitrogens with zero attached hydrogens (tertiary/aromatic N) is 1. The number of rotatable bonds is 4. The highest BCUT2D eigenvalue weighted by Crippen LogP contribution is 2.38. The third kappa shape index (κ3) is 2.71. The van der Waals surface area contributed by atoms with E-state index in [0.717, 1.165) is 22.6 Å². The number of hydrogen-bond donors (Lipinski definition) is 1. The Bertz CT molecular complexity index is 608. The number of carboxylic acids is 1. The maximum Gasteiger partial charge on any atom is 0.309 e. The van der Waals surface area contributed by atoms with Crippen LogP contribution in [0.5, 0.6) is 11.5 Å². The highest BCUT2D eigenvalue weighted by atomic mass is 35.5. The Balaban J connectivity index is 1.73. The quantitative estimate of drug-likeness (QED) is 0.922. The Morgan fingerprint density at radius 3 is 2.95 bits per heavy atom. The van der Waals surface area contributed by atoms with Gasteiger partial charge in [0.15, 0.2) is 0 Å². The van der Waals surface area contributed by atoms with Crippen LogP contribution in [0.2, 0.25) is 0 Å². The highest BCUT2D eigenvalue weighted by molar-refractivity contribution is 6.49. The Morgan fingerprint density at radius 1 is 1.52 bits per heavy atom. The Labute approximate surface area is 127 Å². The number of carbonyl (C=O) groups is 1. The molecule has 0 aliphatic carbocycles. The zero-order valence-electron chi connectivity index (χ0n) is 11.6. The van der Waals surface area contributed by atoms with Gasteiger partial charge in [-0.15, -0.1) is 0 Å². The minimum atomic E-state index is -0.733. The third-order valence-electron chi connectivity index (χ3n) is 3.86. The van der Waals surface area contributed by atoms with Gasteiger partial charge < -0.3 is 14.6 Å². The minimum Gasteiger partial charge on any atom is -0.497 e. The molecule has 0 aromatic heterocycles. The fraction of sp³-hybridized carbons (Fsp3) is 0.400. The van der Waals surface area contributed by atoms with Gasteiger partial charge in [-0.25, -0.2) is 0 Å². The van der Waals surface area contributed by atoms with Gasteiger partial charge in [0.25, 0.3) is 0 Å². The molecule has 21 heavy (non-hydrogen) atoms. The number of hydrogen-bond acceptors (Lipinski definition) is 4. The van der Waals surface area contributed by atoms with Crippen LogP contribution < -0.4 is 9.47 Å². The van der Waals surface area contributed by atoms with Crippen LogP contribution in [0.4, 0.5) is 0 Å². The van der Waals surface area contributed by atoms with Crippen LogP contribution >= 0.6 is 11.6 Å². The van der Waals surface area contributed by atoms with Crippen molar-refractivity contribution in [2.24, 2.45) is 5.92 Å². The maximum atomic E-state index is 10.8. The largest absolute Gasteiger partial charge is 0.497 e. The molecule has 2 aliphatic rings. The number of carboxylic acid groups (broad SMARTS) is 1. The molecule has 0 amide bonds. The maximum absolute atomic E-state index is 10.8. The molecule has 0 saturated carbocycles. The van der Waals surface area contributed by atoms with Crippen LogP contribution in [0.3, 0.4) is 0 Å². The predicted octanol–water partition coefficient (Wildman–Crippen LogP) is 2.05. The summed E-state index contributed by atoms with van der Waals surface area (Å²) in [4.78, 5) is 12.9. The van der Waals surface area contributed by atoms with Crippen molar-refractivity contribution < 1.29 is 19.4 Å². The predicted molar refractivity (Wildman–Crippen MR) is 78.8 cm³/mol. The van der Waals surface area contributed by atoms with Gasteiger partial charge in [-0.2, -0.15) is 0 Å². The average molecular weight is 310 g/mol. The summed E-state index contributed by atoms with van der Waals surface area (Å²) in [7, 11) is 1.61. The lowest BCUT2D eigenvalue weighted by molar-refractivity contribution is -0.147. The van der Waals surface area contributed by atoms with Crippen molar-refractivity contribution in [3.8, 4) is 11.5 Å². The Hall–Kier alpha value is -1.72. The topological polar surface area (TPSA) is 59.0 Å². The molecule has 112 valence electrons. The summed E-state index contributed by atoms with van der Waals surface area (Å²) in [6, 6.07) is 5.54. The van der Waals surface area contributed by atoms with E-state index in [1.165, 1.54) is 0 Å². The van der Waals surface area contributed by atoms with E-state index >= 15 is 0 Å². The molecule has 1 fully saturated rings. The number of benzene rings is 1. The Morgan fingerprint density at radius 2 is 2.29 bits per heavy atom. The number of fused-ring (bicyclic) bond motifs is 1. The highest BCUT2D eigenvalue weighted by Gasteiger charge is 2.33. The molecule has 0 unspecified atom stereocenters. The molecule has 5 nitrogen and oxygen atoms in total. The second-order valence-corrected chi connectivity index (χ2v) is 5.68. The molecule has 3 rings (SSSR count). The van der Waals surface area contributed by atoms with E-state index in [1.54, 1.807) is 7.11 Å². The molecule has 2 heterocycles. The van der Waals surface area contributed by atoms with Crippen molar-refractivity contribution >= 4 is 22.6 Å². The number of halogens is 1. The SMILES string of the molecule is COc1ccc2c(c1)OCC(CN1CC(C(=O)O)C1)=C2Cl. The second-order valence-electron chi connectivity index (χ2n) is 5.30. The van der Waals surface area contributed by atoms with E-state index in [2.05, 4.69) is 4.90 Å². The van der Waals surface area contributed by atoms with Crippen LogP contribution in [-0.4, -0.2) is 49.3 Å². The zero-order chi connectivity index (χ0) is 15.0. The van der Waals surface area contributed by atoms with Crippen LogP contribution in [-0.2, 0) is 4.79 Å². The molecule has 1 aromatic carbocycles. The molecule has 1 aromatic rings. The van der Waals surface area contributed by atoms with Crippen LogP contribution in [0.25, 0.3) is 5.03 Å². The Kier molecular flexibility index (Phi) is 3.78. The van der Waals surface area contributed by atoms with Gasteiger partial charge in [0, 0.05) is 36.8 Å². The van der Waals surface area contributed by atoms with E-state index in [-0.39, 0.29) is 5.92 Å². The monoisotopic (exact) mass is 309 g/mol. The van der Waals surface area contributed by atoms with Crippen LogP contribution in [0, 0.1) is 5.92 Å². The first-order valence-electron chi connectivity index (χ1n) is 6.72. The lowest BCUT2D eigenvalue weighted by Crippen LogP contribution is -2.51. The standard InChI is InChI=1S/C15H16ClNO4/c1-20-11-2-3-12-13(4-11)21-8-10(14(12)16)7-17-5-9(6-17)15(18)19/h2-4,9H,5-8H2,1H3,(H,18,19). The van der Waals surface area contributed by atoms with Crippen LogP contribution in [0.15, 0.2) is 23.8 Å². The molecule has 2 aliphatic heterocycles. The van der Waals surface area contributed by atoms with Crippen molar-refractivity contribution in [1.29, 1.82) is 0 Å². The van der Waals surface area contributed by atoms with Gasteiger partial charge in [0.1, 0.15) is 18.1 Å². The van der Waals surface area contributed by atoms with Gasteiger partial charge in [0.2, 0.25) is 0 Å². The molecule has 0 bridgehead atoms. The first-order chi connectivity index (χ1) is 10.1. The third-order valence-corrected chi connectivity index (χ3v) is 4.33. The summed E-state index contributed by atoms with van der Waals surface area (Å²) in [6.45, 7) is 2.21. The van der Waals surface area contributed by atoms with Crippen molar-refractivity contribution in [3.63, 3.8) is 0 Å². The molecular formula is C15H16ClNO4. The van der Waals surface area contributed by atoms with Gasteiger partial charge in [-0.1, -0.05) is 11.6 Å². The van der Waals surface area contributed by atoms with E-state index in [9.17, 15) is 4.79 Å². The minimum absolute atomic E-state index is 0.259. The summed E-state index contributed by atoms with van der Waals surface area (Å²) in [6.07, 6.45) is 0. The summed E-state index contributed by atoms with van der Waals surface area (Å²) in [5, 5.41) is 9.58. The second kappa shape index (κ2) is 5.58. The molecule has 1 N–H and O–H groups in total. The molecule has 0 spiro atoms. The summed E-state index contributed by atoms with van der Waals surface area (Å²) in [5.74, 6) is 0.456. The molecule has 6 heteroatoms. The average Bonchev–Trinajstić information content (AvgIpc) is 2.43. The van der Waals surface area contributed by atoms with E-state index < -0.39 is 5.97 Å². The van der Waals surface area contributed by atoms with E-state index in [1.807, 2.05) is 18.2 Å². The smallest absolute Gasteiger partial charge is 0.309 e. The van der Waals surface area contributed by atoms with Gasteiger partial charge >= 0.3 is 5.97 Å². The zero-order valence-corrected chi connectivity index (χ0v) is 12.4.